The Balaban J connectivity index is 1.57. The monoisotopic (exact) mass is 363 g/mol. The van der Waals surface area contributed by atoms with E-state index in [9.17, 15) is 4.79 Å². The van der Waals surface area contributed by atoms with Crippen LogP contribution in [0.15, 0.2) is 30.5 Å². The van der Waals surface area contributed by atoms with Crippen molar-refractivity contribution in [2.75, 3.05) is 6.54 Å². The van der Waals surface area contributed by atoms with Gasteiger partial charge in [-0.05, 0) is 24.1 Å². The van der Waals surface area contributed by atoms with Crippen molar-refractivity contribution in [2.45, 2.75) is 52.6 Å². The van der Waals surface area contributed by atoms with Gasteiger partial charge in [-0.3, -0.25) is 4.79 Å². The van der Waals surface area contributed by atoms with Crippen molar-refractivity contribution in [1.82, 2.24) is 24.4 Å². The standard InChI is InChI=1S/C21H25N5O/c1-4-19-23-16-7-5-6-8-18(16)26(19)13-20(27)25-10-9-15-11-22-21(14(2)3)24-17(15)12-25/h5-8,11,14H,4,9-10,12-13H2,1-3H3. The topological polar surface area (TPSA) is 63.9 Å². The highest BCUT2D eigenvalue weighted by Gasteiger charge is 2.24. The zero-order valence-electron chi connectivity index (χ0n) is 16.1. The molecule has 6 nitrogen and oxygen atoms in total. The third-order valence-corrected chi connectivity index (χ3v) is 5.18. The first-order chi connectivity index (χ1) is 13.1. The Morgan fingerprint density at radius 2 is 2.04 bits per heavy atom. The molecule has 0 bridgehead atoms. The molecule has 1 aliphatic heterocycles. The van der Waals surface area contributed by atoms with E-state index in [1.54, 1.807) is 0 Å². The summed E-state index contributed by atoms with van der Waals surface area (Å²) >= 11 is 0. The zero-order chi connectivity index (χ0) is 19.0. The average Bonchev–Trinajstić information content (AvgIpc) is 3.04. The second-order valence-corrected chi connectivity index (χ2v) is 7.38. The number of aryl methyl sites for hydroxylation is 1. The molecule has 0 saturated carbocycles. The number of fused-ring (bicyclic) bond motifs is 2. The molecule has 6 heteroatoms. The van der Waals surface area contributed by atoms with Gasteiger partial charge in [-0.25, -0.2) is 15.0 Å². The van der Waals surface area contributed by atoms with Gasteiger partial charge in [-0.1, -0.05) is 32.9 Å². The highest BCUT2D eigenvalue weighted by atomic mass is 16.2. The molecule has 0 unspecified atom stereocenters. The maximum Gasteiger partial charge on any atom is 0.242 e. The van der Waals surface area contributed by atoms with E-state index < -0.39 is 0 Å². The SMILES string of the molecule is CCc1nc2ccccc2n1CC(=O)N1CCc2cnc(C(C)C)nc2C1. The number of carbonyl (C=O) groups excluding carboxylic acids is 1. The molecule has 0 aliphatic carbocycles. The highest BCUT2D eigenvalue weighted by Crippen LogP contribution is 2.21. The normalized spacial score (nSPS) is 14.0. The molecule has 0 radical (unpaired) electrons. The molecule has 140 valence electrons. The summed E-state index contributed by atoms with van der Waals surface area (Å²) in [6.07, 6.45) is 3.54. The van der Waals surface area contributed by atoms with Crippen molar-refractivity contribution in [3.05, 3.63) is 53.4 Å². The molecule has 3 aromatic rings. The first-order valence-corrected chi connectivity index (χ1v) is 9.63. The van der Waals surface area contributed by atoms with Crippen LogP contribution in [0.5, 0.6) is 0 Å². The maximum atomic E-state index is 13.0. The van der Waals surface area contributed by atoms with Crippen LogP contribution in [0.2, 0.25) is 0 Å². The third kappa shape index (κ3) is 3.31. The first-order valence-electron chi connectivity index (χ1n) is 9.63. The van der Waals surface area contributed by atoms with E-state index in [0.29, 0.717) is 19.6 Å². The Bertz CT molecular complexity index is 991. The highest BCUT2D eigenvalue weighted by molar-refractivity contribution is 5.81. The Kier molecular flexibility index (Phi) is 4.64. The van der Waals surface area contributed by atoms with Crippen LogP contribution in [0.3, 0.4) is 0 Å². The molecule has 1 aromatic carbocycles. The summed E-state index contributed by atoms with van der Waals surface area (Å²) in [7, 11) is 0. The van der Waals surface area contributed by atoms with Gasteiger partial charge in [0.15, 0.2) is 0 Å². The van der Waals surface area contributed by atoms with E-state index in [4.69, 9.17) is 4.98 Å². The predicted molar refractivity (Wildman–Crippen MR) is 104 cm³/mol. The molecule has 27 heavy (non-hydrogen) atoms. The predicted octanol–water partition coefficient (Wildman–Crippen LogP) is 3.10. The Morgan fingerprint density at radius 3 is 2.81 bits per heavy atom. The van der Waals surface area contributed by atoms with Gasteiger partial charge in [0.25, 0.3) is 0 Å². The summed E-state index contributed by atoms with van der Waals surface area (Å²) < 4.78 is 2.05. The van der Waals surface area contributed by atoms with Gasteiger partial charge < -0.3 is 9.47 Å². The minimum Gasteiger partial charge on any atom is -0.335 e. The summed E-state index contributed by atoms with van der Waals surface area (Å²) in [5.74, 6) is 2.19. The largest absolute Gasteiger partial charge is 0.335 e. The van der Waals surface area contributed by atoms with Crippen LogP contribution in [-0.4, -0.2) is 36.9 Å². The molecule has 0 N–H and O–H groups in total. The minimum absolute atomic E-state index is 0.114. The van der Waals surface area contributed by atoms with Crippen molar-refractivity contribution in [3.8, 4) is 0 Å². The number of hydrogen-bond donors (Lipinski definition) is 0. The number of imidazole rings is 1. The zero-order valence-corrected chi connectivity index (χ0v) is 16.1. The first kappa shape index (κ1) is 17.6. The van der Waals surface area contributed by atoms with Crippen LogP contribution < -0.4 is 0 Å². The van der Waals surface area contributed by atoms with E-state index >= 15 is 0 Å². The van der Waals surface area contributed by atoms with Gasteiger partial charge in [0.05, 0.1) is 23.3 Å². The fourth-order valence-electron chi connectivity index (χ4n) is 3.62. The van der Waals surface area contributed by atoms with Crippen LogP contribution in [-0.2, 0) is 30.7 Å². The van der Waals surface area contributed by atoms with Gasteiger partial charge in [-0.15, -0.1) is 0 Å². The number of hydrogen-bond acceptors (Lipinski definition) is 4. The third-order valence-electron chi connectivity index (χ3n) is 5.18. The maximum absolute atomic E-state index is 13.0. The summed E-state index contributed by atoms with van der Waals surface area (Å²) in [4.78, 5) is 28.8. The van der Waals surface area contributed by atoms with Gasteiger partial charge in [0.1, 0.15) is 18.2 Å². The van der Waals surface area contributed by atoms with Crippen molar-refractivity contribution in [2.24, 2.45) is 0 Å². The molecule has 3 heterocycles. The fourth-order valence-corrected chi connectivity index (χ4v) is 3.62. The van der Waals surface area contributed by atoms with Gasteiger partial charge in [0, 0.05) is 25.1 Å². The Hall–Kier alpha value is -2.76. The van der Waals surface area contributed by atoms with Crippen LogP contribution in [0.25, 0.3) is 11.0 Å². The number of aromatic nitrogens is 4. The Labute approximate surface area is 159 Å². The Morgan fingerprint density at radius 1 is 1.22 bits per heavy atom. The second kappa shape index (κ2) is 7.10. The van der Waals surface area contributed by atoms with Gasteiger partial charge in [-0.2, -0.15) is 0 Å². The summed E-state index contributed by atoms with van der Waals surface area (Å²) in [6, 6.07) is 8.00. The molecular formula is C21H25N5O. The van der Waals surface area contributed by atoms with Gasteiger partial charge >= 0.3 is 0 Å². The number of amides is 1. The smallest absolute Gasteiger partial charge is 0.242 e. The van der Waals surface area contributed by atoms with Crippen LogP contribution >= 0.6 is 0 Å². The van der Waals surface area contributed by atoms with Gasteiger partial charge in [0.2, 0.25) is 5.91 Å². The van der Waals surface area contributed by atoms with Crippen molar-refractivity contribution in [1.29, 1.82) is 0 Å². The van der Waals surface area contributed by atoms with E-state index in [2.05, 4.69) is 30.7 Å². The summed E-state index contributed by atoms with van der Waals surface area (Å²) in [5, 5.41) is 0. The fraction of sp³-hybridized carbons (Fsp3) is 0.429. The molecule has 0 saturated heterocycles. The minimum atomic E-state index is 0.114. The average molecular weight is 363 g/mol. The molecule has 0 atom stereocenters. The molecule has 1 aliphatic rings. The van der Waals surface area contributed by atoms with Crippen LogP contribution in [0.1, 0.15) is 49.6 Å². The molecular weight excluding hydrogens is 338 g/mol. The molecule has 2 aromatic heterocycles. The summed E-state index contributed by atoms with van der Waals surface area (Å²) in [6.45, 7) is 7.84. The molecule has 0 fully saturated rings. The molecule has 0 spiro atoms. The van der Waals surface area contributed by atoms with Crippen LogP contribution in [0.4, 0.5) is 0 Å². The number of rotatable bonds is 4. The second-order valence-electron chi connectivity index (χ2n) is 7.38. The van der Waals surface area contributed by atoms with E-state index in [0.717, 1.165) is 46.8 Å². The van der Waals surface area contributed by atoms with E-state index in [1.807, 2.05) is 39.9 Å². The van der Waals surface area contributed by atoms with Crippen molar-refractivity contribution >= 4 is 16.9 Å². The molecule has 4 rings (SSSR count). The van der Waals surface area contributed by atoms with Crippen molar-refractivity contribution in [3.63, 3.8) is 0 Å². The van der Waals surface area contributed by atoms with Crippen molar-refractivity contribution < 1.29 is 4.79 Å². The quantitative estimate of drug-likeness (QED) is 0.714. The molecule has 1 amide bonds. The van der Waals surface area contributed by atoms with Crippen LogP contribution in [0, 0.1) is 0 Å². The van der Waals surface area contributed by atoms with E-state index in [-0.39, 0.29) is 11.8 Å². The lowest BCUT2D eigenvalue weighted by Crippen LogP contribution is -2.38. The summed E-state index contributed by atoms with van der Waals surface area (Å²) in [5.41, 5.74) is 4.11. The van der Waals surface area contributed by atoms with E-state index in [1.165, 1.54) is 0 Å². The number of para-hydroxylation sites is 2. The number of nitrogens with zero attached hydrogens (tertiary/aromatic N) is 5. The number of benzene rings is 1. The lowest BCUT2D eigenvalue weighted by Gasteiger charge is -2.28. The lowest BCUT2D eigenvalue weighted by atomic mass is 10.1. The lowest BCUT2D eigenvalue weighted by molar-refractivity contribution is -0.132. The number of carbonyl (C=O) groups is 1.